The highest BCUT2D eigenvalue weighted by Crippen LogP contribution is 2.20. The van der Waals surface area contributed by atoms with Gasteiger partial charge >= 0.3 is 0 Å². The number of hydrogen-bond acceptors (Lipinski definition) is 3. The standard InChI is InChI=1S/C13H18ClN3/c1-10-16-12(14)9-13(17-10)15-8-7-11-5-3-2-4-6-11/h5,9H,2-4,6-8H2,1H3,(H,15,16,17). The van der Waals surface area contributed by atoms with Crippen LogP contribution in [0.1, 0.15) is 37.9 Å². The SMILES string of the molecule is Cc1nc(Cl)cc(NCCC2=CCCCC2)n1. The number of hydrogen-bond donors (Lipinski definition) is 1. The van der Waals surface area contributed by atoms with Crippen LogP contribution in [0.4, 0.5) is 5.82 Å². The predicted molar refractivity (Wildman–Crippen MR) is 71.4 cm³/mol. The molecule has 2 rings (SSSR count). The van der Waals surface area contributed by atoms with Crippen LogP contribution in [-0.2, 0) is 0 Å². The molecule has 0 fully saturated rings. The van der Waals surface area contributed by atoms with Gasteiger partial charge in [0, 0.05) is 12.6 Å². The summed E-state index contributed by atoms with van der Waals surface area (Å²) in [4.78, 5) is 8.33. The maximum atomic E-state index is 5.88. The lowest BCUT2D eigenvalue weighted by Gasteiger charge is -2.13. The summed E-state index contributed by atoms with van der Waals surface area (Å²) in [7, 11) is 0. The molecule has 92 valence electrons. The van der Waals surface area contributed by atoms with Crippen molar-refractivity contribution in [2.24, 2.45) is 0 Å². The highest BCUT2D eigenvalue weighted by atomic mass is 35.5. The summed E-state index contributed by atoms with van der Waals surface area (Å²) in [6.07, 6.45) is 8.66. The van der Waals surface area contributed by atoms with Crippen LogP contribution in [0.5, 0.6) is 0 Å². The molecule has 0 bridgehead atoms. The van der Waals surface area contributed by atoms with Crippen molar-refractivity contribution in [1.82, 2.24) is 9.97 Å². The van der Waals surface area contributed by atoms with Crippen LogP contribution in [0.2, 0.25) is 5.15 Å². The molecule has 1 aromatic heterocycles. The van der Waals surface area contributed by atoms with Crippen molar-refractivity contribution < 1.29 is 0 Å². The lowest BCUT2D eigenvalue weighted by Crippen LogP contribution is -2.06. The van der Waals surface area contributed by atoms with E-state index >= 15 is 0 Å². The monoisotopic (exact) mass is 251 g/mol. The number of halogens is 1. The molecule has 4 heteroatoms. The molecule has 0 unspecified atom stereocenters. The van der Waals surface area contributed by atoms with E-state index in [4.69, 9.17) is 11.6 Å². The molecule has 3 nitrogen and oxygen atoms in total. The van der Waals surface area contributed by atoms with Gasteiger partial charge in [0.15, 0.2) is 0 Å². The van der Waals surface area contributed by atoms with E-state index in [0.717, 1.165) is 18.8 Å². The zero-order chi connectivity index (χ0) is 12.1. The van der Waals surface area contributed by atoms with Gasteiger partial charge in [0.25, 0.3) is 0 Å². The maximum absolute atomic E-state index is 5.88. The van der Waals surface area contributed by atoms with E-state index in [-0.39, 0.29) is 0 Å². The Morgan fingerprint density at radius 3 is 2.94 bits per heavy atom. The number of nitrogens with one attached hydrogen (secondary N) is 1. The van der Waals surface area contributed by atoms with Gasteiger partial charge in [-0.05, 0) is 39.0 Å². The molecule has 0 radical (unpaired) electrons. The minimum atomic E-state index is 0.497. The fraction of sp³-hybridized carbons (Fsp3) is 0.538. The van der Waals surface area contributed by atoms with Crippen LogP contribution in [0, 0.1) is 6.92 Å². The molecule has 1 heterocycles. The zero-order valence-electron chi connectivity index (χ0n) is 10.2. The molecular weight excluding hydrogens is 234 g/mol. The third-order valence-electron chi connectivity index (χ3n) is 2.94. The van der Waals surface area contributed by atoms with Crippen molar-refractivity contribution in [3.63, 3.8) is 0 Å². The molecule has 0 atom stereocenters. The Kier molecular flexibility index (Phi) is 4.37. The maximum Gasteiger partial charge on any atom is 0.134 e. The number of anilines is 1. The van der Waals surface area contributed by atoms with Gasteiger partial charge in [0.2, 0.25) is 0 Å². The summed E-state index contributed by atoms with van der Waals surface area (Å²) in [6.45, 7) is 2.76. The summed E-state index contributed by atoms with van der Waals surface area (Å²) in [5.41, 5.74) is 1.57. The van der Waals surface area contributed by atoms with Crippen molar-refractivity contribution >= 4 is 17.4 Å². The summed E-state index contributed by atoms with van der Waals surface area (Å²) < 4.78 is 0. The molecule has 1 aliphatic rings. The van der Waals surface area contributed by atoms with Crippen LogP contribution >= 0.6 is 11.6 Å². The van der Waals surface area contributed by atoms with E-state index in [0.29, 0.717) is 11.0 Å². The van der Waals surface area contributed by atoms with Gasteiger partial charge in [-0.2, -0.15) is 0 Å². The van der Waals surface area contributed by atoms with Gasteiger partial charge in [-0.15, -0.1) is 0 Å². The normalized spacial score (nSPS) is 15.5. The Labute approximate surface area is 107 Å². The highest BCUT2D eigenvalue weighted by molar-refractivity contribution is 6.29. The van der Waals surface area contributed by atoms with Crippen molar-refractivity contribution in [3.05, 3.63) is 28.7 Å². The number of rotatable bonds is 4. The van der Waals surface area contributed by atoms with Gasteiger partial charge in [-0.3, -0.25) is 0 Å². The number of aryl methyl sites for hydroxylation is 1. The first kappa shape index (κ1) is 12.4. The van der Waals surface area contributed by atoms with E-state index in [2.05, 4.69) is 21.4 Å². The van der Waals surface area contributed by atoms with Crippen LogP contribution in [0.15, 0.2) is 17.7 Å². The van der Waals surface area contributed by atoms with Crippen molar-refractivity contribution in [3.8, 4) is 0 Å². The first-order valence-corrected chi connectivity index (χ1v) is 6.55. The quantitative estimate of drug-likeness (QED) is 0.654. The first-order chi connectivity index (χ1) is 8.24. The lowest BCUT2D eigenvalue weighted by atomic mass is 9.97. The van der Waals surface area contributed by atoms with E-state index < -0.39 is 0 Å². The Morgan fingerprint density at radius 2 is 2.24 bits per heavy atom. The minimum absolute atomic E-state index is 0.497. The van der Waals surface area contributed by atoms with E-state index in [9.17, 15) is 0 Å². The Hall–Kier alpha value is -1.09. The third kappa shape index (κ3) is 4.00. The first-order valence-electron chi connectivity index (χ1n) is 6.17. The fourth-order valence-corrected chi connectivity index (χ4v) is 2.33. The Balaban J connectivity index is 1.83. The smallest absolute Gasteiger partial charge is 0.134 e. The molecule has 0 aromatic carbocycles. The van der Waals surface area contributed by atoms with Crippen LogP contribution in [-0.4, -0.2) is 16.5 Å². The largest absolute Gasteiger partial charge is 0.370 e. The van der Waals surface area contributed by atoms with Gasteiger partial charge in [-0.1, -0.05) is 23.3 Å². The number of aromatic nitrogens is 2. The van der Waals surface area contributed by atoms with Gasteiger partial charge in [0.1, 0.15) is 16.8 Å². The van der Waals surface area contributed by atoms with E-state index in [1.807, 2.05) is 6.92 Å². The number of nitrogens with zero attached hydrogens (tertiary/aromatic N) is 2. The minimum Gasteiger partial charge on any atom is -0.370 e. The molecule has 17 heavy (non-hydrogen) atoms. The van der Waals surface area contributed by atoms with Crippen LogP contribution < -0.4 is 5.32 Å². The molecule has 1 N–H and O–H groups in total. The fourth-order valence-electron chi connectivity index (χ4n) is 2.10. The van der Waals surface area contributed by atoms with Crippen LogP contribution in [0.3, 0.4) is 0 Å². The molecule has 1 aromatic rings. The second-order valence-corrected chi connectivity index (χ2v) is 4.80. The van der Waals surface area contributed by atoms with E-state index in [1.165, 1.54) is 25.7 Å². The molecule has 0 spiro atoms. The average molecular weight is 252 g/mol. The van der Waals surface area contributed by atoms with E-state index in [1.54, 1.807) is 11.6 Å². The van der Waals surface area contributed by atoms with Crippen molar-refractivity contribution in [1.29, 1.82) is 0 Å². The number of allylic oxidation sites excluding steroid dienone is 1. The molecule has 1 aliphatic carbocycles. The second-order valence-electron chi connectivity index (χ2n) is 4.41. The summed E-state index contributed by atoms with van der Waals surface area (Å²) in [5.74, 6) is 1.52. The molecule has 0 aliphatic heterocycles. The molecule has 0 amide bonds. The van der Waals surface area contributed by atoms with Gasteiger partial charge in [-0.25, -0.2) is 9.97 Å². The Morgan fingerprint density at radius 1 is 1.35 bits per heavy atom. The molecule has 0 saturated carbocycles. The highest BCUT2D eigenvalue weighted by Gasteiger charge is 2.04. The summed E-state index contributed by atoms with van der Waals surface area (Å²) in [5, 5.41) is 3.79. The summed E-state index contributed by atoms with van der Waals surface area (Å²) >= 11 is 5.88. The summed E-state index contributed by atoms with van der Waals surface area (Å²) in [6, 6.07) is 1.77. The van der Waals surface area contributed by atoms with Crippen molar-refractivity contribution in [2.75, 3.05) is 11.9 Å². The van der Waals surface area contributed by atoms with Crippen molar-refractivity contribution in [2.45, 2.75) is 39.0 Å². The Bertz CT molecular complexity index is 395. The zero-order valence-corrected chi connectivity index (χ0v) is 10.9. The third-order valence-corrected chi connectivity index (χ3v) is 3.14. The lowest BCUT2D eigenvalue weighted by molar-refractivity contribution is 0.679. The molecular formula is C13H18ClN3. The van der Waals surface area contributed by atoms with Gasteiger partial charge < -0.3 is 5.32 Å². The second kappa shape index (κ2) is 6.01. The van der Waals surface area contributed by atoms with Gasteiger partial charge in [0.05, 0.1) is 0 Å². The average Bonchev–Trinajstić information content (AvgIpc) is 2.29. The van der Waals surface area contributed by atoms with Crippen LogP contribution in [0.25, 0.3) is 0 Å². The molecule has 0 saturated heterocycles. The predicted octanol–water partition coefficient (Wildman–Crippen LogP) is 3.74. The topological polar surface area (TPSA) is 37.8 Å².